The topological polar surface area (TPSA) is 26.1 Å². The second kappa shape index (κ2) is 5.42. The largest absolute Gasteiger partial charge is 0.871 e. The number of thioether (sulfide) groups is 1. The molecule has 2 aliphatic rings. The second-order valence-corrected chi connectivity index (χ2v) is 6.98. The van der Waals surface area contributed by atoms with Gasteiger partial charge in [-0.3, -0.25) is 0 Å². The van der Waals surface area contributed by atoms with Crippen LogP contribution in [0.3, 0.4) is 0 Å². The minimum Gasteiger partial charge on any atom is -0.871 e. The Morgan fingerprint density at radius 1 is 1.12 bits per heavy atom. The quantitative estimate of drug-likeness (QED) is 0.545. The van der Waals surface area contributed by atoms with Crippen molar-refractivity contribution in [3.8, 4) is 0 Å². The van der Waals surface area contributed by atoms with Crippen LogP contribution in [0, 0.1) is 0 Å². The number of rotatable bonds is 1. The number of hydrogen-bond acceptors (Lipinski definition) is 4. The number of allylic oxidation sites excluding steroid dienone is 5. The Labute approximate surface area is 114 Å². The van der Waals surface area contributed by atoms with Gasteiger partial charge in [0.1, 0.15) is 14.1 Å². The zero-order chi connectivity index (χ0) is 12.4. The molecule has 1 aliphatic carbocycles. The molecule has 0 aromatic heterocycles. The lowest BCUT2D eigenvalue weighted by molar-refractivity contribution is -0.462. The first-order chi connectivity index (χ1) is 8.13. The number of hydrogen-bond donors (Lipinski definition) is 0. The van der Waals surface area contributed by atoms with Crippen molar-refractivity contribution in [1.29, 1.82) is 0 Å². The molecule has 0 unspecified atom stereocenters. The number of nitrogens with zero attached hydrogens (tertiary/aromatic N) is 1. The third-order valence-electron chi connectivity index (χ3n) is 2.42. The van der Waals surface area contributed by atoms with Crippen molar-refractivity contribution in [3.63, 3.8) is 0 Å². The molecule has 90 valence electrons. The van der Waals surface area contributed by atoms with E-state index in [1.807, 2.05) is 49.2 Å². The first-order valence-electron chi connectivity index (χ1n) is 5.08. The summed E-state index contributed by atoms with van der Waals surface area (Å²) in [7, 11) is 7.14. The van der Waals surface area contributed by atoms with Gasteiger partial charge in [-0.2, -0.15) is 0 Å². The van der Waals surface area contributed by atoms with Crippen LogP contribution in [-0.4, -0.2) is 30.6 Å². The molecular weight excluding hydrogens is 270 g/mol. The molecule has 2 rings (SSSR count). The van der Waals surface area contributed by atoms with Crippen LogP contribution in [0.2, 0.25) is 0 Å². The Balaban J connectivity index is 2.34. The summed E-state index contributed by atoms with van der Waals surface area (Å²) in [4.78, 5) is 0.852. The van der Waals surface area contributed by atoms with Gasteiger partial charge in [0.05, 0.1) is 0 Å². The van der Waals surface area contributed by atoms with Crippen molar-refractivity contribution in [1.82, 2.24) is 0 Å². The SMILES string of the molecule is CSC1=C([O-])C(=C2C=CC(=[N+](C)C)C=C2)SS1. The fourth-order valence-electron chi connectivity index (χ4n) is 1.46. The molecule has 0 aromatic rings. The van der Waals surface area contributed by atoms with Gasteiger partial charge in [0, 0.05) is 21.3 Å². The highest BCUT2D eigenvalue weighted by Crippen LogP contribution is 2.52. The highest BCUT2D eigenvalue weighted by atomic mass is 33.1. The third-order valence-corrected chi connectivity index (χ3v) is 6.30. The molecule has 0 bridgehead atoms. The molecule has 0 spiro atoms. The van der Waals surface area contributed by atoms with E-state index in [0.717, 1.165) is 20.4 Å². The van der Waals surface area contributed by atoms with Gasteiger partial charge in [-0.15, -0.1) is 11.8 Å². The Morgan fingerprint density at radius 2 is 1.76 bits per heavy atom. The summed E-state index contributed by atoms with van der Waals surface area (Å²) in [6.07, 6.45) is 10.0. The molecular formula is C12H13NOS3. The Kier molecular flexibility index (Phi) is 4.12. The zero-order valence-electron chi connectivity index (χ0n) is 9.89. The lowest BCUT2D eigenvalue weighted by Crippen LogP contribution is -2.10. The van der Waals surface area contributed by atoms with Crippen LogP contribution in [0.25, 0.3) is 0 Å². The third kappa shape index (κ3) is 2.67. The van der Waals surface area contributed by atoms with E-state index in [0.29, 0.717) is 0 Å². The predicted octanol–water partition coefficient (Wildman–Crippen LogP) is 2.37. The first-order valence-corrected chi connectivity index (χ1v) is 8.46. The van der Waals surface area contributed by atoms with Crippen LogP contribution in [-0.2, 0) is 0 Å². The normalized spacial score (nSPS) is 19.6. The zero-order valence-corrected chi connectivity index (χ0v) is 12.3. The molecule has 5 heteroatoms. The molecule has 1 heterocycles. The smallest absolute Gasteiger partial charge is 0.199 e. The van der Waals surface area contributed by atoms with Crippen molar-refractivity contribution in [2.45, 2.75) is 0 Å². The van der Waals surface area contributed by atoms with E-state index in [-0.39, 0.29) is 5.76 Å². The molecule has 0 amide bonds. The van der Waals surface area contributed by atoms with E-state index in [2.05, 4.69) is 0 Å². The van der Waals surface area contributed by atoms with Crippen molar-refractivity contribution in [3.05, 3.63) is 44.8 Å². The first kappa shape index (κ1) is 12.9. The monoisotopic (exact) mass is 283 g/mol. The minimum absolute atomic E-state index is 0.171. The van der Waals surface area contributed by atoms with Crippen molar-refractivity contribution in [2.75, 3.05) is 20.4 Å². The molecule has 1 aliphatic heterocycles. The Bertz CT molecular complexity index is 476. The Hall–Kier alpha value is -0.520. The fraction of sp³-hybridized carbons (Fsp3) is 0.250. The molecule has 0 saturated heterocycles. The summed E-state index contributed by atoms with van der Waals surface area (Å²) < 4.78 is 2.92. The van der Waals surface area contributed by atoms with Gasteiger partial charge in [-0.05, 0) is 34.8 Å². The van der Waals surface area contributed by atoms with E-state index >= 15 is 0 Å². The molecule has 0 saturated carbocycles. The summed E-state index contributed by atoms with van der Waals surface area (Å²) in [6, 6.07) is 0. The molecule has 0 atom stereocenters. The maximum atomic E-state index is 12.0. The summed E-state index contributed by atoms with van der Waals surface area (Å²) in [5.74, 6) is 0.171. The van der Waals surface area contributed by atoms with Crippen LogP contribution in [0.4, 0.5) is 0 Å². The van der Waals surface area contributed by atoms with Crippen LogP contribution in [0.5, 0.6) is 0 Å². The highest BCUT2D eigenvalue weighted by molar-refractivity contribution is 8.82. The van der Waals surface area contributed by atoms with E-state index < -0.39 is 0 Å². The van der Waals surface area contributed by atoms with E-state index in [4.69, 9.17) is 0 Å². The molecule has 17 heavy (non-hydrogen) atoms. The average Bonchev–Trinajstić information content (AvgIpc) is 2.70. The van der Waals surface area contributed by atoms with E-state index in [1.165, 1.54) is 11.8 Å². The molecule has 0 N–H and O–H groups in total. The van der Waals surface area contributed by atoms with Crippen molar-refractivity contribution in [2.24, 2.45) is 0 Å². The van der Waals surface area contributed by atoms with Crippen molar-refractivity contribution < 1.29 is 9.68 Å². The highest BCUT2D eigenvalue weighted by Gasteiger charge is 2.17. The molecule has 0 fully saturated rings. The van der Waals surface area contributed by atoms with Crippen LogP contribution >= 0.6 is 33.3 Å². The fourth-order valence-corrected chi connectivity index (χ4v) is 5.04. The van der Waals surface area contributed by atoms with Crippen LogP contribution in [0.15, 0.2) is 44.8 Å². The van der Waals surface area contributed by atoms with Gasteiger partial charge in [0.25, 0.3) is 0 Å². The van der Waals surface area contributed by atoms with E-state index in [1.54, 1.807) is 21.6 Å². The summed E-state index contributed by atoms with van der Waals surface area (Å²) >= 11 is 1.53. The van der Waals surface area contributed by atoms with Gasteiger partial charge in [0.2, 0.25) is 0 Å². The second-order valence-electron chi connectivity index (χ2n) is 3.76. The Morgan fingerprint density at radius 3 is 2.24 bits per heavy atom. The average molecular weight is 283 g/mol. The lowest BCUT2D eigenvalue weighted by atomic mass is 10.1. The molecule has 0 aromatic carbocycles. The van der Waals surface area contributed by atoms with Crippen molar-refractivity contribution >= 4 is 39.1 Å². The van der Waals surface area contributed by atoms with Gasteiger partial charge < -0.3 is 5.11 Å². The summed E-state index contributed by atoms with van der Waals surface area (Å²) in [5.41, 5.74) is 2.16. The lowest BCUT2D eigenvalue weighted by Gasteiger charge is -2.12. The summed E-state index contributed by atoms with van der Waals surface area (Å²) in [5, 5.41) is 12.0. The van der Waals surface area contributed by atoms with Gasteiger partial charge >= 0.3 is 0 Å². The van der Waals surface area contributed by atoms with Gasteiger partial charge in [0.15, 0.2) is 5.71 Å². The predicted molar refractivity (Wildman–Crippen MR) is 78.1 cm³/mol. The maximum absolute atomic E-state index is 12.0. The summed E-state index contributed by atoms with van der Waals surface area (Å²) in [6.45, 7) is 0. The van der Waals surface area contributed by atoms with Crippen LogP contribution < -0.4 is 5.11 Å². The van der Waals surface area contributed by atoms with Gasteiger partial charge in [-0.25, -0.2) is 4.58 Å². The molecule has 2 nitrogen and oxygen atoms in total. The minimum atomic E-state index is 0.171. The van der Waals surface area contributed by atoms with E-state index in [9.17, 15) is 5.11 Å². The van der Waals surface area contributed by atoms with Crippen LogP contribution in [0.1, 0.15) is 0 Å². The van der Waals surface area contributed by atoms with Gasteiger partial charge in [-0.1, -0.05) is 16.6 Å². The standard InChI is InChI=1S/C12H13NOS3/c1-13(2)9-6-4-8(5-7-9)11-10(14)12(15-3)17-16-11/h4-7H,1-3H3. The maximum Gasteiger partial charge on any atom is 0.199 e. The molecule has 0 radical (unpaired) electrons.